The van der Waals surface area contributed by atoms with Gasteiger partial charge in [-0.2, -0.15) is 0 Å². The average Bonchev–Trinajstić information content (AvgIpc) is 3.12. The maximum Gasteiger partial charge on any atom is 0.246 e. The standard InChI is InChI=1S/C22H25FN2O2/c1-3-20(26)25-14-8-13-22(25,21(27)24-2)15-16-9-4-5-10-17(16)18-11-6-7-12-19(18)23/h4-7,9-12H,3,8,13-15H2,1-2H3,(H,24,27). The molecule has 1 saturated heterocycles. The number of benzene rings is 2. The van der Waals surface area contributed by atoms with Crippen molar-refractivity contribution >= 4 is 11.8 Å². The second-order valence-electron chi connectivity index (χ2n) is 6.93. The van der Waals surface area contributed by atoms with Gasteiger partial charge in [-0.1, -0.05) is 49.4 Å². The number of halogens is 1. The molecule has 1 unspecified atom stereocenters. The normalized spacial score (nSPS) is 19.1. The first-order valence-electron chi connectivity index (χ1n) is 9.39. The summed E-state index contributed by atoms with van der Waals surface area (Å²) in [5, 5.41) is 2.74. The van der Waals surface area contributed by atoms with Crippen molar-refractivity contribution in [2.45, 2.75) is 38.1 Å². The van der Waals surface area contributed by atoms with E-state index in [1.165, 1.54) is 6.07 Å². The van der Waals surface area contributed by atoms with Gasteiger partial charge in [-0.25, -0.2) is 4.39 Å². The number of likely N-dealkylation sites (tertiary alicyclic amines) is 1. The third-order valence-electron chi connectivity index (χ3n) is 5.41. The van der Waals surface area contributed by atoms with Crippen LogP contribution in [0.1, 0.15) is 31.7 Å². The molecule has 5 heteroatoms. The number of carbonyl (C=O) groups excluding carboxylic acids is 2. The van der Waals surface area contributed by atoms with Gasteiger partial charge >= 0.3 is 0 Å². The zero-order chi connectivity index (χ0) is 19.4. The minimum atomic E-state index is -0.927. The van der Waals surface area contributed by atoms with Crippen LogP contribution in [-0.2, 0) is 16.0 Å². The Kier molecular flexibility index (Phi) is 5.59. The van der Waals surface area contributed by atoms with Crippen LogP contribution in [0.15, 0.2) is 48.5 Å². The Hall–Kier alpha value is -2.69. The number of amides is 2. The van der Waals surface area contributed by atoms with Crippen molar-refractivity contribution in [3.63, 3.8) is 0 Å². The van der Waals surface area contributed by atoms with Crippen LogP contribution in [0.5, 0.6) is 0 Å². The summed E-state index contributed by atoms with van der Waals surface area (Å²) >= 11 is 0. The third-order valence-corrected chi connectivity index (χ3v) is 5.41. The molecule has 1 N–H and O–H groups in total. The molecule has 0 aromatic heterocycles. The van der Waals surface area contributed by atoms with Crippen LogP contribution < -0.4 is 5.32 Å². The van der Waals surface area contributed by atoms with Crippen LogP contribution in [0.3, 0.4) is 0 Å². The van der Waals surface area contributed by atoms with Gasteiger partial charge in [0, 0.05) is 32.0 Å². The van der Waals surface area contributed by atoms with Gasteiger partial charge in [-0.3, -0.25) is 9.59 Å². The summed E-state index contributed by atoms with van der Waals surface area (Å²) in [5.74, 6) is -0.489. The summed E-state index contributed by atoms with van der Waals surface area (Å²) in [7, 11) is 1.60. The highest BCUT2D eigenvalue weighted by Gasteiger charge is 2.49. The molecule has 3 rings (SSSR count). The van der Waals surface area contributed by atoms with E-state index in [4.69, 9.17) is 0 Å². The summed E-state index contributed by atoms with van der Waals surface area (Å²) < 4.78 is 14.4. The quantitative estimate of drug-likeness (QED) is 0.877. The Labute approximate surface area is 159 Å². The average molecular weight is 368 g/mol. The Morgan fingerprint density at radius 1 is 1.11 bits per heavy atom. The van der Waals surface area contributed by atoms with Crippen LogP contribution in [0.4, 0.5) is 4.39 Å². The SMILES string of the molecule is CCC(=O)N1CCCC1(Cc1ccccc1-c1ccccc1F)C(=O)NC. The smallest absolute Gasteiger partial charge is 0.246 e. The lowest BCUT2D eigenvalue weighted by Crippen LogP contribution is -2.58. The summed E-state index contributed by atoms with van der Waals surface area (Å²) in [5.41, 5.74) is 1.20. The van der Waals surface area contributed by atoms with Gasteiger partial charge < -0.3 is 10.2 Å². The van der Waals surface area contributed by atoms with Gasteiger partial charge in [0.15, 0.2) is 0 Å². The van der Waals surface area contributed by atoms with Crippen molar-refractivity contribution in [1.29, 1.82) is 0 Å². The summed E-state index contributed by atoms with van der Waals surface area (Å²) in [6.45, 7) is 2.38. The highest BCUT2D eigenvalue weighted by Crippen LogP contribution is 2.37. The molecular formula is C22H25FN2O2. The van der Waals surface area contributed by atoms with Crippen molar-refractivity contribution < 1.29 is 14.0 Å². The summed E-state index contributed by atoms with van der Waals surface area (Å²) in [6, 6.07) is 14.2. The van der Waals surface area contributed by atoms with E-state index in [0.717, 1.165) is 17.5 Å². The first-order chi connectivity index (χ1) is 13.0. The van der Waals surface area contributed by atoms with E-state index in [0.29, 0.717) is 31.4 Å². The Morgan fingerprint density at radius 3 is 2.44 bits per heavy atom. The van der Waals surface area contributed by atoms with Crippen LogP contribution in [0.25, 0.3) is 11.1 Å². The highest BCUT2D eigenvalue weighted by atomic mass is 19.1. The van der Waals surface area contributed by atoms with Gasteiger partial charge in [-0.15, -0.1) is 0 Å². The van der Waals surface area contributed by atoms with Crippen LogP contribution in [0.2, 0.25) is 0 Å². The van der Waals surface area contributed by atoms with Crippen molar-refractivity contribution in [2.75, 3.05) is 13.6 Å². The Bertz CT molecular complexity index is 852. The van der Waals surface area contributed by atoms with E-state index in [1.54, 1.807) is 30.1 Å². The highest BCUT2D eigenvalue weighted by molar-refractivity contribution is 5.92. The fourth-order valence-corrected chi connectivity index (χ4v) is 4.10. The van der Waals surface area contributed by atoms with Gasteiger partial charge in [-0.05, 0) is 30.0 Å². The molecule has 1 fully saturated rings. The topological polar surface area (TPSA) is 49.4 Å². The molecule has 2 aromatic rings. The van der Waals surface area contributed by atoms with Crippen molar-refractivity contribution in [3.05, 3.63) is 59.9 Å². The molecule has 2 aromatic carbocycles. The maximum absolute atomic E-state index is 14.4. The number of hydrogen-bond acceptors (Lipinski definition) is 2. The van der Waals surface area contributed by atoms with E-state index in [9.17, 15) is 14.0 Å². The maximum atomic E-state index is 14.4. The number of likely N-dealkylation sites (N-methyl/N-ethyl adjacent to an activating group) is 1. The lowest BCUT2D eigenvalue weighted by Gasteiger charge is -2.37. The van der Waals surface area contributed by atoms with Gasteiger partial charge in [0.2, 0.25) is 11.8 Å². The number of nitrogens with one attached hydrogen (secondary N) is 1. The predicted molar refractivity (Wildman–Crippen MR) is 104 cm³/mol. The van der Waals surface area contributed by atoms with Gasteiger partial charge in [0.05, 0.1) is 0 Å². The van der Waals surface area contributed by atoms with Gasteiger partial charge in [0.25, 0.3) is 0 Å². The van der Waals surface area contributed by atoms with E-state index in [-0.39, 0.29) is 17.6 Å². The molecule has 0 saturated carbocycles. The van der Waals surface area contributed by atoms with E-state index in [1.807, 2.05) is 31.2 Å². The minimum Gasteiger partial charge on any atom is -0.357 e. The summed E-state index contributed by atoms with van der Waals surface area (Å²) in [4.78, 5) is 27.2. The van der Waals surface area contributed by atoms with Crippen LogP contribution >= 0.6 is 0 Å². The van der Waals surface area contributed by atoms with Crippen molar-refractivity contribution in [2.24, 2.45) is 0 Å². The minimum absolute atomic E-state index is 0.0283. The third kappa shape index (κ3) is 3.46. The van der Waals surface area contributed by atoms with Crippen LogP contribution in [0, 0.1) is 5.82 Å². The molecular weight excluding hydrogens is 343 g/mol. The van der Waals surface area contributed by atoms with Crippen LogP contribution in [-0.4, -0.2) is 35.8 Å². The molecule has 4 nitrogen and oxygen atoms in total. The molecule has 1 aliphatic heterocycles. The molecule has 1 atom stereocenters. The number of carbonyl (C=O) groups is 2. The largest absolute Gasteiger partial charge is 0.357 e. The molecule has 27 heavy (non-hydrogen) atoms. The van der Waals surface area contributed by atoms with Crippen molar-refractivity contribution in [1.82, 2.24) is 10.2 Å². The summed E-state index contributed by atoms with van der Waals surface area (Å²) in [6.07, 6.45) is 2.10. The van der Waals surface area contributed by atoms with Gasteiger partial charge in [0.1, 0.15) is 11.4 Å². The Morgan fingerprint density at radius 2 is 1.78 bits per heavy atom. The van der Waals surface area contributed by atoms with Crippen molar-refractivity contribution in [3.8, 4) is 11.1 Å². The molecule has 0 spiro atoms. The Balaban J connectivity index is 2.08. The van der Waals surface area contributed by atoms with E-state index >= 15 is 0 Å². The zero-order valence-electron chi connectivity index (χ0n) is 15.8. The molecule has 142 valence electrons. The number of nitrogens with zero attached hydrogens (tertiary/aromatic N) is 1. The number of hydrogen-bond donors (Lipinski definition) is 1. The molecule has 0 radical (unpaired) electrons. The van der Waals surface area contributed by atoms with E-state index < -0.39 is 5.54 Å². The first-order valence-corrected chi connectivity index (χ1v) is 9.39. The van der Waals surface area contributed by atoms with E-state index in [2.05, 4.69) is 5.32 Å². The molecule has 1 heterocycles. The first kappa shape index (κ1) is 19.1. The molecule has 1 aliphatic rings. The molecule has 2 amide bonds. The second kappa shape index (κ2) is 7.91. The zero-order valence-corrected chi connectivity index (χ0v) is 15.8. The fraction of sp³-hybridized carbons (Fsp3) is 0.364. The lowest BCUT2D eigenvalue weighted by molar-refractivity contribution is -0.144. The lowest BCUT2D eigenvalue weighted by atomic mass is 9.84. The monoisotopic (exact) mass is 368 g/mol. The number of rotatable bonds is 5. The fourth-order valence-electron chi connectivity index (χ4n) is 4.10. The molecule has 0 aliphatic carbocycles. The second-order valence-corrected chi connectivity index (χ2v) is 6.93. The predicted octanol–water partition coefficient (Wildman–Crippen LogP) is 3.55. The molecule has 0 bridgehead atoms.